The molecule has 0 aliphatic rings. The zero-order valence-electron chi connectivity index (χ0n) is 16.6. The average Bonchev–Trinajstić information content (AvgIpc) is 2.57. The highest BCUT2D eigenvalue weighted by molar-refractivity contribution is 5.80. The summed E-state index contributed by atoms with van der Waals surface area (Å²) in [7, 11) is 0. The van der Waals surface area contributed by atoms with E-state index in [1.54, 1.807) is 6.92 Å². The number of hydrogen-bond acceptors (Lipinski definition) is 3. The van der Waals surface area contributed by atoms with Crippen molar-refractivity contribution in [3.05, 3.63) is 58.7 Å². The van der Waals surface area contributed by atoms with Gasteiger partial charge in [0.15, 0.2) is 6.10 Å². The molecule has 2 rings (SSSR count). The number of aryl methyl sites for hydroxylation is 2. The maximum absolute atomic E-state index is 12.4. The zero-order chi connectivity index (χ0) is 19.3. The molecule has 0 aliphatic carbocycles. The quantitative estimate of drug-likeness (QED) is 0.796. The Bertz CT molecular complexity index is 751. The highest BCUT2D eigenvalue weighted by Crippen LogP contribution is 2.24. The van der Waals surface area contributed by atoms with Crippen LogP contribution in [0.3, 0.4) is 0 Å². The molecule has 2 aromatic rings. The smallest absolute Gasteiger partial charge is 0.261 e. The van der Waals surface area contributed by atoms with Crippen LogP contribution >= 0.6 is 0 Å². The monoisotopic (exact) mass is 355 g/mol. The van der Waals surface area contributed by atoms with Crippen LogP contribution in [0.5, 0.6) is 11.5 Å². The number of amides is 1. The predicted octanol–water partition coefficient (Wildman–Crippen LogP) is 4.48. The van der Waals surface area contributed by atoms with Gasteiger partial charge in [-0.1, -0.05) is 18.2 Å². The molecule has 4 nitrogen and oxygen atoms in total. The minimum Gasteiger partial charge on any atom is -0.491 e. The first-order chi connectivity index (χ1) is 12.3. The van der Waals surface area contributed by atoms with Crippen LogP contribution in [0.25, 0.3) is 0 Å². The van der Waals surface area contributed by atoms with Gasteiger partial charge in [-0.15, -0.1) is 0 Å². The molecule has 1 N–H and O–H groups in total. The van der Waals surface area contributed by atoms with Crippen molar-refractivity contribution in [1.82, 2.24) is 5.32 Å². The van der Waals surface area contributed by atoms with Crippen LogP contribution in [0, 0.1) is 20.8 Å². The van der Waals surface area contributed by atoms with Crippen LogP contribution < -0.4 is 14.8 Å². The summed E-state index contributed by atoms with van der Waals surface area (Å²) in [6, 6.07) is 11.8. The molecular weight excluding hydrogens is 326 g/mol. The number of ether oxygens (including phenoxy) is 2. The van der Waals surface area contributed by atoms with Gasteiger partial charge < -0.3 is 14.8 Å². The van der Waals surface area contributed by atoms with Gasteiger partial charge in [-0.05, 0) is 82.0 Å². The summed E-state index contributed by atoms with van der Waals surface area (Å²) < 4.78 is 11.5. The third-order valence-corrected chi connectivity index (χ3v) is 4.20. The number of nitrogens with one attached hydrogen (secondary N) is 1. The summed E-state index contributed by atoms with van der Waals surface area (Å²) in [4.78, 5) is 12.4. The summed E-state index contributed by atoms with van der Waals surface area (Å²) >= 11 is 0. The second-order valence-corrected chi connectivity index (χ2v) is 6.99. The normalized spacial score (nSPS) is 12.0. The summed E-state index contributed by atoms with van der Waals surface area (Å²) in [5.74, 6) is 1.46. The van der Waals surface area contributed by atoms with Gasteiger partial charge in [-0.3, -0.25) is 4.79 Å². The lowest BCUT2D eigenvalue weighted by molar-refractivity contribution is -0.127. The van der Waals surface area contributed by atoms with Gasteiger partial charge in [0.2, 0.25) is 0 Å². The van der Waals surface area contributed by atoms with Crippen molar-refractivity contribution < 1.29 is 14.3 Å². The van der Waals surface area contributed by atoms with Crippen molar-refractivity contribution in [3.63, 3.8) is 0 Å². The molecule has 0 spiro atoms. The summed E-state index contributed by atoms with van der Waals surface area (Å²) in [6.07, 6.45) is -0.411. The molecule has 0 aliphatic heterocycles. The summed E-state index contributed by atoms with van der Waals surface area (Å²) in [6.45, 7) is 12.3. The first kappa shape index (κ1) is 19.8. The highest BCUT2D eigenvalue weighted by atomic mass is 16.5. The van der Waals surface area contributed by atoms with Crippen molar-refractivity contribution in [3.8, 4) is 11.5 Å². The highest BCUT2D eigenvalue weighted by Gasteiger charge is 2.16. The van der Waals surface area contributed by atoms with Crippen LogP contribution in [-0.2, 0) is 11.3 Å². The Kier molecular flexibility index (Phi) is 6.67. The van der Waals surface area contributed by atoms with Gasteiger partial charge in [-0.2, -0.15) is 0 Å². The molecule has 26 heavy (non-hydrogen) atoms. The first-order valence-electron chi connectivity index (χ1n) is 9.04. The van der Waals surface area contributed by atoms with Gasteiger partial charge in [-0.25, -0.2) is 0 Å². The molecular formula is C22H29NO3. The van der Waals surface area contributed by atoms with Crippen molar-refractivity contribution in [2.75, 3.05) is 0 Å². The number of carbonyl (C=O) groups excluding carboxylic acids is 1. The van der Waals surface area contributed by atoms with Crippen molar-refractivity contribution in [2.45, 2.75) is 60.3 Å². The molecule has 0 saturated carbocycles. The third-order valence-electron chi connectivity index (χ3n) is 4.20. The molecule has 0 aromatic heterocycles. The molecule has 1 atom stereocenters. The Labute approximate surface area is 156 Å². The molecule has 1 amide bonds. The Hall–Kier alpha value is -2.49. The number of rotatable bonds is 7. The number of benzene rings is 2. The molecule has 0 unspecified atom stereocenters. The zero-order valence-corrected chi connectivity index (χ0v) is 16.6. The van der Waals surface area contributed by atoms with Gasteiger partial charge >= 0.3 is 0 Å². The van der Waals surface area contributed by atoms with E-state index < -0.39 is 6.10 Å². The lowest BCUT2D eigenvalue weighted by Gasteiger charge is -2.18. The Balaban J connectivity index is 1.91. The SMILES string of the molecule is Cc1cc(C)c(C)c(O[C@H](C)C(=O)NCc2ccc(OC(C)C)cc2)c1. The van der Waals surface area contributed by atoms with Gasteiger partial charge in [0.25, 0.3) is 5.91 Å². The summed E-state index contributed by atoms with van der Waals surface area (Å²) in [5, 5.41) is 2.92. The van der Waals surface area contributed by atoms with Crippen molar-refractivity contribution in [2.24, 2.45) is 0 Å². The third kappa shape index (κ3) is 5.51. The van der Waals surface area contributed by atoms with Gasteiger partial charge in [0, 0.05) is 6.54 Å². The minimum absolute atomic E-state index is 0.133. The van der Waals surface area contributed by atoms with Gasteiger partial charge in [0.1, 0.15) is 11.5 Å². The van der Waals surface area contributed by atoms with E-state index in [0.29, 0.717) is 6.54 Å². The fourth-order valence-corrected chi connectivity index (χ4v) is 2.66. The molecule has 0 fully saturated rings. The maximum atomic E-state index is 12.4. The topological polar surface area (TPSA) is 47.6 Å². The fourth-order valence-electron chi connectivity index (χ4n) is 2.66. The molecule has 0 heterocycles. The fraction of sp³-hybridized carbons (Fsp3) is 0.409. The van der Waals surface area contributed by atoms with Crippen LogP contribution in [0.4, 0.5) is 0 Å². The number of hydrogen-bond donors (Lipinski definition) is 1. The Morgan fingerprint density at radius 3 is 2.27 bits per heavy atom. The first-order valence-corrected chi connectivity index (χ1v) is 9.04. The van der Waals surface area contributed by atoms with E-state index in [1.165, 1.54) is 0 Å². The van der Waals surface area contributed by atoms with Gasteiger partial charge in [0.05, 0.1) is 6.10 Å². The molecule has 0 radical (unpaired) electrons. The van der Waals surface area contributed by atoms with Crippen molar-refractivity contribution in [1.29, 1.82) is 0 Å². The van der Waals surface area contributed by atoms with Crippen LogP contribution in [-0.4, -0.2) is 18.1 Å². The van der Waals surface area contributed by atoms with Crippen molar-refractivity contribution >= 4 is 5.91 Å². The maximum Gasteiger partial charge on any atom is 0.261 e. The van der Waals surface area contributed by atoms with E-state index in [4.69, 9.17) is 9.47 Å². The molecule has 0 saturated heterocycles. The van der Waals surface area contributed by atoms with E-state index in [0.717, 1.165) is 33.8 Å². The Morgan fingerprint density at radius 1 is 1.00 bits per heavy atom. The van der Waals surface area contributed by atoms with E-state index >= 15 is 0 Å². The molecule has 140 valence electrons. The lowest BCUT2D eigenvalue weighted by Crippen LogP contribution is -2.36. The molecule has 0 bridgehead atoms. The molecule has 2 aromatic carbocycles. The standard InChI is InChI=1S/C22H29NO3/c1-14(2)25-20-9-7-19(8-10-20)13-23-22(24)18(6)26-21-12-15(3)11-16(4)17(21)5/h7-12,14,18H,13H2,1-6H3,(H,23,24)/t18-/m1/s1. The van der Waals surface area contributed by atoms with E-state index in [1.807, 2.05) is 65.0 Å². The summed E-state index contributed by atoms with van der Waals surface area (Å²) in [5.41, 5.74) is 4.37. The average molecular weight is 355 g/mol. The Morgan fingerprint density at radius 2 is 1.65 bits per heavy atom. The molecule has 4 heteroatoms. The van der Waals surface area contributed by atoms with E-state index in [2.05, 4.69) is 11.4 Å². The lowest BCUT2D eigenvalue weighted by atomic mass is 10.1. The van der Waals surface area contributed by atoms with E-state index in [9.17, 15) is 4.79 Å². The largest absolute Gasteiger partial charge is 0.491 e. The minimum atomic E-state index is -0.557. The number of carbonyl (C=O) groups is 1. The second kappa shape index (κ2) is 8.75. The predicted molar refractivity (Wildman–Crippen MR) is 105 cm³/mol. The second-order valence-electron chi connectivity index (χ2n) is 6.99. The van der Waals surface area contributed by atoms with Crippen LogP contribution in [0.1, 0.15) is 43.0 Å². The van der Waals surface area contributed by atoms with Crippen LogP contribution in [0.2, 0.25) is 0 Å². The van der Waals surface area contributed by atoms with E-state index in [-0.39, 0.29) is 12.0 Å². The van der Waals surface area contributed by atoms with Crippen LogP contribution in [0.15, 0.2) is 36.4 Å².